The van der Waals surface area contributed by atoms with E-state index in [0.29, 0.717) is 12.8 Å². The van der Waals surface area contributed by atoms with Gasteiger partial charge in [0.25, 0.3) is 5.92 Å². The van der Waals surface area contributed by atoms with Crippen LogP contribution in [0.3, 0.4) is 0 Å². The molecule has 1 saturated heterocycles. The van der Waals surface area contributed by atoms with Crippen molar-refractivity contribution in [3.8, 4) is 0 Å². The van der Waals surface area contributed by atoms with Gasteiger partial charge >= 0.3 is 12.4 Å². The summed E-state index contributed by atoms with van der Waals surface area (Å²) < 4.78 is 106. The van der Waals surface area contributed by atoms with Crippen molar-refractivity contribution in [3.63, 3.8) is 0 Å². The number of hydrogen-bond donors (Lipinski definition) is 0. The molecule has 0 saturated carbocycles. The Balaban J connectivity index is 2.33. The quantitative estimate of drug-likeness (QED) is 0.390. The molecule has 2 rings (SSSR count). The summed E-state index contributed by atoms with van der Waals surface area (Å²) in [4.78, 5) is 1.65. The summed E-state index contributed by atoms with van der Waals surface area (Å²) >= 11 is 0. The molecule has 0 aliphatic carbocycles. The van der Waals surface area contributed by atoms with Gasteiger partial charge in [-0.15, -0.1) is 0 Å². The summed E-state index contributed by atoms with van der Waals surface area (Å²) in [5.41, 5.74) is -0.785. The molecule has 9 heteroatoms. The maximum absolute atomic E-state index is 14.2. The summed E-state index contributed by atoms with van der Waals surface area (Å²) in [6.45, 7) is 5.74. The molecule has 178 valence electrons. The van der Waals surface area contributed by atoms with Crippen LogP contribution in [0.25, 0.3) is 0 Å². The minimum atomic E-state index is -4.56. The number of alkyl halides is 8. The van der Waals surface area contributed by atoms with Crippen LogP contribution in [0.1, 0.15) is 76.5 Å². The zero-order valence-electron chi connectivity index (χ0n) is 17.9. The van der Waals surface area contributed by atoms with E-state index in [-0.39, 0.29) is 23.9 Å². The first-order valence-electron chi connectivity index (χ1n) is 10.3. The van der Waals surface area contributed by atoms with E-state index >= 15 is 0 Å². The molecule has 0 spiro atoms. The second-order valence-electron chi connectivity index (χ2n) is 9.59. The average molecular weight is 459 g/mol. The molecule has 0 bridgehead atoms. The lowest BCUT2D eigenvalue weighted by Crippen LogP contribution is -2.47. The van der Waals surface area contributed by atoms with Crippen molar-refractivity contribution < 1.29 is 35.1 Å². The summed E-state index contributed by atoms with van der Waals surface area (Å²) in [5.74, 6) is -3.03. The van der Waals surface area contributed by atoms with Gasteiger partial charge in [-0.05, 0) is 42.4 Å². The van der Waals surface area contributed by atoms with Crippen LogP contribution in [0.15, 0.2) is 24.3 Å². The van der Waals surface area contributed by atoms with Crippen LogP contribution in [0, 0.1) is 5.41 Å². The zero-order chi connectivity index (χ0) is 23.7. The van der Waals surface area contributed by atoms with Gasteiger partial charge in [0.2, 0.25) is 0 Å². The highest BCUT2D eigenvalue weighted by Crippen LogP contribution is 2.43. The van der Waals surface area contributed by atoms with Crippen LogP contribution in [0.5, 0.6) is 0 Å². The van der Waals surface area contributed by atoms with Crippen molar-refractivity contribution in [2.75, 3.05) is 6.54 Å². The molecule has 0 radical (unpaired) electrons. The molecule has 0 amide bonds. The number of likely N-dealkylation sites (tertiary alicyclic amines) is 1. The minimum Gasteiger partial charge on any atom is -0.293 e. The predicted octanol–water partition coefficient (Wildman–Crippen LogP) is 8.02. The maximum Gasteiger partial charge on any atom is 0.416 e. The third-order valence-electron chi connectivity index (χ3n) is 5.71. The molecule has 0 N–H and O–H groups in total. The van der Waals surface area contributed by atoms with Crippen molar-refractivity contribution in [1.29, 1.82) is 0 Å². The van der Waals surface area contributed by atoms with Crippen LogP contribution >= 0.6 is 0 Å². The van der Waals surface area contributed by atoms with Gasteiger partial charge < -0.3 is 0 Å². The lowest BCUT2D eigenvalue weighted by molar-refractivity contribution is -0.142. The fourth-order valence-corrected chi connectivity index (χ4v) is 4.00. The Hall–Kier alpha value is -1.38. The molecule has 2 unspecified atom stereocenters. The van der Waals surface area contributed by atoms with Crippen LogP contribution in [-0.2, 0) is 6.18 Å². The molecule has 2 atom stereocenters. The second-order valence-corrected chi connectivity index (χ2v) is 9.59. The van der Waals surface area contributed by atoms with Gasteiger partial charge in [0.1, 0.15) is 0 Å². The molecular formula is C22H29F8N. The average Bonchev–Trinajstić information content (AvgIpc) is 2.59. The highest BCUT2D eigenvalue weighted by molar-refractivity contribution is 5.27. The summed E-state index contributed by atoms with van der Waals surface area (Å²) in [7, 11) is 0. The van der Waals surface area contributed by atoms with Gasteiger partial charge in [0.15, 0.2) is 0 Å². The molecule has 31 heavy (non-hydrogen) atoms. The molecule has 1 aliphatic heterocycles. The fraction of sp³-hybridized carbons (Fsp3) is 0.727. The van der Waals surface area contributed by atoms with Gasteiger partial charge in [-0.1, -0.05) is 32.9 Å². The first-order valence-corrected chi connectivity index (χ1v) is 10.3. The number of nitrogens with zero attached hydrogens (tertiary/aromatic N) is 1. The Morgan fingerprint density at radius 3 is 1.97 bits per heavy atom. The Labute approximate surface area is 177 Å². The van der Waals surface area contributed by atoms with Crippen molar-refractivity contribution in [2.24, 2.45) is 5.41 Å². The van der Waals surface area contributed by atoms with Crippen molar-refractivity contribution >= 4 is 0 Å². The minimum absolute atomic E-state index is 0.106. The largest absolute Gasteiger partial charge is 0.416 e. The van der Waals surface area contributed by atoms with Crippen molar-refractivity contribution in [3.05, 3.63) is 35.4 Å². The Morgan fingerprint density at radius 1 is 0.935 bits per heavy atom. The van der Waals surface area contributed by atoms with Crippen LogP contribution in [0.4, 0.5) is 35.1 Å². The Morgan fingerprint density at radius 2 is 1.48 bits per heavy atom. The van der Waals surface area contributed by atoms with E-state index in [0.717, 1.165) is 24.3 Å². The Kier molecular flexibility index (Phi) is 7.71. The summed E-state index contributed by atoms with van der Waals surface area (Å²) in [6.07, 6.45) is -10.3. The van der Waals surface area contributed by atoms with Gasteiger partial charge in [-0.2, -0.15) is 26.3 Å². The van der Waals surface area contributed by atoms with Gasteiger partial charge in [0, 0.05) is 37.9 Å². The van der Waals surface area contributed by atoms with E-state index in [1.54, 1.807) is 4.90 Å². The highest BCUT2D eigenvalue weighted by Gasteiger charge is 2.44. The summed E-state index contributed by atoms with van der Waals surface area (Å²) in [5, 5.41) is 0. The van der Waals surface area contributed by atoms with Gasteiger partial charge in [0.05, 0.1) is 5.56 Å². The first-order chi connectivity index (χ1) is 14.0. The first kappa shape index (κ1) is 25.9. The molecule has 1 heterocycles. The van der Waals surface area contributed by atoms with E-state index in [4.69, 9.17) is 0 Å². The van der Waals surface area contributed by atoms with Crippen molar-refractivity contribution in [1.82, 2.24) is 4.90 Å². The predicted molar refractivity (Wildman–Crippen MR) is 103 cm³/mol. The van der Waals surface area contributed by atoms with Crippen LogP contribution < -0.4 is 0 Å². The van der Waals surface area contributed by atoms with Crippen LogP contribution in [0.2, 0.25) is 0 Å². The van der Waals surface area contributed by atoms with E-state index in [1.807, 2.05) is 20.8 Å². The number of rotatable bonds is 6. The number of hydrogen-bond acceptors (Lipinski definition) is 1. The van der Waals surface area contributed by atoms with Crippen LogP contribution in [-0.4, -0.2) is 29.6 Å². The SMILES string of the molecule is CC(C)(C)CCC(CCC(F)(F)F)N1CCC(F)(F)CC1c1ccc(C(F)(F)F)cc1. The molecule has 1 aliphatic rings. The van der Waals surface area contributed by atoms with E-state index in [9.17, 15) is 35.1 Å². The maximum atomic E-state index is 14.2. The molecular weight excluding hydrogens is 430 g/mol. The number of piperidine rings is 1. The highest BCUT2D eigenvalue weighted by atomic mass is 19.4. The normalized spacial score (nSPS) is 21.8. The smallest absolute Gasteiger partial charge is 0.293 e. The van der Waals surface area contributed by atoms with E-state index in [1.165, 1.54) is 0 Å². The van der Waals surface area contributed by atoms with Crippen molar-refractivity contribution in [2.45, 2.75) is 89.7 Å². The lowest BCUT2D eigenvalue weighted by atomic mass is 9.84. The second kappa shape index (κ2) is 9.24. The Bertz CT molecular complexity index is 682. The number of halogens is 8. The standard InChI is InChI=1S/C22H29F8N/c1-19(2,3)10-8-17(9-11-21(25,26)27)31-13-12-20(23,24)14-18(31)15-4-6-16(7-5-15)22(28,29)30/h4-7,17-18H,8-14H2,1-3H3. The molecule has 1 nitrogen and oxygen atoms in total. The summed E-state index contributed by atoms with van der Waals surface area (Å²) in [6, 6.07) is 2.45. The zero-order valence-corrected chi connectivity index (χ0v) is 17.9. The number of benzene rings is 1. The van der Waals surface area contributed by atoms with E-state index in [2.05, 4.69) is 0 Å². The third kappa shape index (κ3) is 8.24. The lowest BCUT2D eigenvalue weighted by Gasteiger charge is -2.45. The molecule has 0 aromatic heterocycles. The van der Waals surface area contributed by atoms with E-state index < -0.39 is 55.2 Å². The topological polar surface area (TPSA) is 3.24 Å². The monoisotopic (exact) mass is 459 g/mol. The fourth-order valence-electron chi connectivity index (χ4n) is 4.00. The van der Waals surface area contributed by atoms with Gasteiger partial charge in [-0.25, -0.2) is 8.78 Å². The molecule has 1 fully saturated rings. The molecule has 1 aromatic carbocycles. The molecule has 1 aromatic rings. The third-order valence-corrected chi connectivity index (χ3v) is 5.71. The van der Waals surface area contributed by atoms with Gasteiger partial charge in [-0.3, -0.25) is 4.90 Å².